The van der Waals surface area contributed by atoms with E-state index in [4.69, 9.17) is 4.74 Å². The lowest BCUT2D eigenvalue weighted by Crippen LogP contribution is -2.12. The van der Waals surface area contributed by atoms with Crippen LogP contribution in [0.25, 0.3) is 11.1 Å². The van der Waals surface area contributed by atoms with Crippen LogP contribution in [-0.4, -0.2) is 17.6 Å². The molecule has 3 aromatic carbocycles. The molecule has 4 heteroatoms. The fourth-order valence-electron chi connectivity index (χ4n) is 2.72. The summed E-state index contributed by atoms with van der Waals surface area (Å²) in [4.78, 5) is 12.5. The minimum atomic E-state index is -0.197. The van der Waals surface area contributed by atoms with Crippen molar-refractivity contribution in [2.24, 2.45) is 0 Å². The van der Waals surface area contributed by atoms with Gasteiger partial charge in [0.05, 0.1) is 13.2 Å². The summed E-state index contributed by atoms with van der Waals surface area (Å²) in [6.07, 6.45) is 0. The van der Waals surface area contributed by atoms with Gasteiger partial charge in [0.25, 0.3) is 5.91 Å². The number of carbonyl (C=O) groups is 1. The summed E-state index contributed by atoms with van der Waals surface area (Å²) < 4.78 is 5.45. The van der Waals surface area contributed by atoms with Crippen molar-refractivity contribution in [2.75, 3.05) is 11.9 Å². The molecule has 0 atom stereocenters. The molecule has 4 nitrogen and oxygen atoms in total. The number of anilines is 1. The molecular formula is C22H21NO3. The van der Waals surface area contributed by atoms with Crippen LogP contribution in [0.4, 0.5) is 5.69 Å². The molecule has 0 aliphatic rings. The summed E-state index contributed by atoms with van der Waals surface area (Å²) in [5.41, 5.74) is 4.01. The standard InChI is InChI=1S/C22H21NO3/c1-2-26-21-13-12-20(14-19(21)15-24)23-22(25)18-10-8-17(9-11-18)16-6-4-3-5-7-16/h3-14,24H,2,15H2,1H3,(H,23,25). The monoisotopic (exact) mass is 347 g/mol. The van der Waals surface area contributed by atoms with Gasteiger partial charge in [-0.05, 0) is 48.4 Å². The molecule has 1 amide bonds. The molecule has 0 heterocycles. The van der Waals surface area contributed by atoms with Crippen LogP contribution in [0.3, 0.4) is 0 Å². The molecule has 0 aliphatic carbocycles. The molecule has 26 heavy (non-hydrogen) atoms. The highest BCUT2D eigenvalue weighted by molar-refractivity contribution is 6.04. The van der Waals surface area contributed by atoms with Crippen LogP contribution in [0.15, 0.2) is 72.8 Å². The molecule has 0 radical (unpaired) electrons. The maximum atomic E-state index is 12.5. The zero-order valence-corrected chi connectivity index (χ0v) is 14.6. The molecule has 0 fully saturated rings. The first-order valence-corrected chi connectivity index (χ1v) is 8.54. The van der Waals surface area contributed by atoms with E-state index in [1.165, 1.54) is 0 Å². The van der Waals surface area contributed by atoms with Crippen molar-refractivity contribution in [1.82, 2.24) is 0 Å². The van der Waals surface area contributed by atoms with Crippen molar-refractivity contribution in [3.05, 3.63) is 83.9 Å². The fourth-order valence-corrected chi connectivity index (χ4v) is 2.72. The lowest BCUT2D eigenvalue weighted by Gasteiger charge is -2.11. The second kappa shape index (κ2) is 8.32. The van der Waals surface area contributed by atoms with E-state index < -0.39 is 0 Å². The molecule has 3 aromatic rings. The van der Waals surface area contributed by atoms with Gasteiger partial charge in [0.2, 0.25) is 0 Å². The number of ether oxygens (including phenoxy) is 1. The maximum absolute atomic E-state index is 12.5. The summed E-state index contributed by atoms with van der Waals surface area (Å²) in [5.74, 6) is 0.429. The third kappa shape index (κ3) is 4.10. The third-order valence-electron chi connectivity index (χ3n) is 4.04. The van der Waals surface area contributed by atoms with Crippen LogP contribution >= 0.6 is 0 Å². The predicted octanol–water partition coefficient (Wildman–Crippen LogP) is 4.50. The Morgan fingerprint density at radius 1 is 0.962 bits per heavy atom. The predicted molar refractivity (Wildman–Crippen MR) is 103 cm³/mol. The number of carbonyl (C=O) groups excluding carboxylic acids is 1. The summed E-state index contributed by atoms with van der Waals surface area (Å²) in [6, 6.07) is 22.7. The van der Waals surface area contributed by atoms with E-state index in [1.54, 1.807) is 30.3 Å². The summed E-state index contributed by atoms with van der Waals surface area (Å²) in [7, 11) is 0. The van der Waals surface area contributed by atoms with Crippen molar-refractivity contribution in [3.8, 4) is 16.9 Å². The Labute approximate surface area is 153 Å². The first-order valence-electron chi connectivity index (χ1n) is 8.54. The van der Waals surface area contributed by atoms with Crippen molar-refractivity contribution >= 4 is 11.6 Å². The van der Waals surface area contributed by atoms with Gasteiger partial charge in [-0.2, -0.15) is 0 Å². The van der Waals surface area contributed by atoms with E-state index in [0.29, 0.717) is 29.2 Å². The lowest BCUT2D eigenvalue weighted by molar-refractivity contribution is 0.102. The van der Waals surface area contributed by atoms with E-state index >= 15 is 0 Å². The summed E-state index contributed by atoms with van der Waals surface area (Å²) >= 11 is 0. The average Bonchev–Trinajstić information content (AvgIpc) is 2.70. The van der Waals surface area contributed by atoms with E-state index in [1.807, 2.05) is 49.4 Å². The minimum Gasteiger partial charge on any atom is -0.494 e. The van der Waals surface area contributed by atoms with Crippen molar-refractivity contribution in [2.45, 2.75) is 13.5 Å². The van der Waals surface area contributed by atoms with Crippen LogP contribution in [0.1, 0.15) is 22.8 Å². The number of benzene rings is 3. The van der Waals surface area contributed by atoms with E-state index in [-0.39, 0.29) is 12.5 Å². The normalized spacial score (nSPS) is 10.4. The molecule has 0 saturated heterocycles. The van der Waals surface area contributed by atoms with Crippen molar-refractivity contribution < 1.29 is 14.6 Å². The Bertz CT molecular complexity index is 874. The number of nitrogens with one attached hydrogen (secondary N) is 1. The van der Waals surface area contributed by atoms with E-state index in [0.717, 1.165) is 11.1 Å². The second-order valence-corrected chi connectivity index (χ2v) is 5.81. The number of hydrogen-bond acceptors (Lipinski definition) is 3. The zero-order chi connectivity index (χ0) is 18.4. The first-order chi connectivity index (χ1) is 12.7. The Morgan fingerprint density at radius 2 is 1.65 bits per heavy atom. The molecular weight excluding hydrogens is 326 g/mol. The highest BCUT2D eigenvalue weighted by atomic mass is 16.5. The molecule has 3 rings (SSSR count). The topological polar surface area (TPSA) is 58.6 Å². The van der Waals surface area contributed by atoms with Gasteiger partial charge in [-0.1, -0.05) is 42.5 Å². The number of amides is 1. The van der Waals surface area contributed by atoms with Gasteiger partial charge in [0, 0.05) is 16.8 Å². The van der Waals surface area contributed by atoms with Gasteiger partial charge in [-0.15, -0.1) is 0 Å². The molecule has 132 valence electrons. The van der Waals surface area contributed by atoms with E-state index in [9.17, 15) is 9.90 Å². The Kier molecular flexibility index (Phi) is 5.66. The molecule has 0 aromatic heterocycles. The van der Waals surface area contributed by atoms with Crippen LogP contribution < -0.4 is 10.1 Å². The molecule has 0 bridgehead atoms. The van der Waals surface area contributed by atoms with Gasteiger partial charge in [-0.25, -0.2) is 0 Å². The minimum absolute atomic E-state index is 0.148. The molecule has 0 spiro atoms. The second-order valence-electron chi connectivity index (χ2n) is 5.81. The van der Waals surface area contributed by atoms with Crippen LogP contribution in [0, 0.1) is 0 Å². The third-order valence-corrected chi connectivity index (χ3v) is 4.04. The van der Waals surface area contributed by atoms with Gasteiger partial charge in [-0.3, -0.25) is 4.79 Å². The Morgan fingerprint density at radius 3 is 2.31 bits per heavy atom. The van der Waals surface area contributed by atoms with Gasteiger partial charge >= 0.3 is 0 Å². The Hall–Kier alpha value is -3.11. The molecule has 0 saturated carbocycles. The summed E-state index contributed by atoms with van der Waals surface area (Å²) in [5, 5.41) is 12.3. The van der Waals surface area contributed by atoms with Gasteiger partial charge in [0.15, 0.2) is 0 Å². The average molecular weight is 347 g/mol. The number of rotatable bonds is 6. The van der Waals surface area contributed by atoms with Crippen molar-refractivity contribution in [1.29, 1.82) is 0 Å². The van der Waals surface area contributed by atoms with E-state index in [2.05, 4.69) is 5.32 Å². The zero-order valence-electron chi connectivity index (χ0n) is 14.6. The van der Waals surface area contributed by atoms with Crippen LogP contribution in [0.5, 0.6) is 5.75 Å². The van der Waals surface area contributed by atoms with Gasteiger partial charge < -0.3 is 15.2 Å². The first kappa shape index (κ1) is 17.7. The van der Waals surface area contributed by atoms with Crippen LogP contribution in [-0.2, 0) is 6.61 Å². The number of hydrogen-bond donors (Lipinski definition) is 2. The molecule has 2 N–H and O–H groups in total. The van der Waals surface area contributed by atoms with Crippen LogP contribution in [0.2, 0.25) is 0 Å². The quantitative estimate of drug-likeness (QED) is 0.690. The maximum Gasteiger partial charge on any atom is 0.255 e. The lowest BCUT2D eigenvalue weighted by atomic mass is 10.0. The fraction of sp³-hybridized carbons (Fsp3) is 0.136. The summed E-state index contributed by atoms with van der Waals surface area (Å²) in [6.45, 7) is 2.26. The van der Waals surface area contributed by atoms with Gasteiger partial charge in [0.1, 0.15) is 5.75 Å². The highest BCUT2D eigenvalue weighted by Crippen LogP contribution is 2.24. The van der Waals surface area contributed by atoms with Crippen molar-refractivity contribution in [3.63, 3.8) is 0 Å². The Balaban J connectivity index is 1.74. The highest BCUT2D eigenvalue weighted by Gasteiger charge is 2.09. The molecule has 0 aliphatic heterocycles. The smallest absolute Gasteiger partial charge is 0.255 e. The number of aliphatic hydroxyl groups is 1. The number of aliphatic hydroxyl groups excluding tert-OH is 1. The SMILES string of the molecule is CCOc1ccc(NC(=O)c2ccc(-c3ccccc3)cc2)cc1CO. The molecule has 0 unspecified atom stereocenters. The largest absolute Gasteiger partial charge is 0.494 e.